The highest BCUT2D eigenvalue weighted by atomic mass is 16.5. The molecular formula is C27H26N2O4. The molecular weight excluding hydrogens is 416 g/mol. The molecule has 3 aromatic rings. The van der Waals surface area contributed by atoms with Gasteiger partial charge < -0.3 is 14.1 Å². The Morgan fingerprint density at radius 2 is 1.73 bits per heavy atom. The SMILES string of the molecule is CCCOc1ccc(C2=C(N3CCc4ccccc4C3)C(=O)N(Cc3ccco3)C2=O)cc1. The molecule has 6 nitrogen and oxygen atoms in total. The highest BCUT2D eigenvalue weighted by Gasteiger charge is 2.42. The summed E-state index contributed by atoms with van der Waals surface area (Å²) in [5.74, 6) is 0.744. The highest BCUT2D eigenvalue weighted by Crippen LogP contribution is 2.35. The second-order valence-electron chi connectivity index (χ2n) is 8.31. The number of hydrogen-bond acceptors (Lipinski definition) is 5. The van der Waals surface area contributed by atoms with E-state index >= 15 is 0 Å². The standard InChI is InChI=1S/C27H26N2O4/c1-2-15-32-22-11-9-20(10-12-22)24-25(28-14-13-19-6-3-4-7-21(19)17-28)27(31)29(26(24)30)18-23-8-5-16-33-23/h3-12,16H,2,13-15,17-18H2,1H3. The second kappa shape index (κ2) is 8.98. The molecule has 0 N–H and O–H groups in total. The van der Waals surface area contributed by atoms with Crippen LogP contribution < -0.4 is 4.74 Å². The highest BCUT2D eigenvalue weighted by molar-refractivity contribution is 6.35. The van der Waals surface area contributed by atoms with Gasteiger partial charge in [0.05, 0.1) is 25.0 Å². The van der Waals surface area contributed by atoms with Crippen molar-refractivity contribution in [2.45, 2.75) is 32.9 Å². The molecule has 5 rings (SSSR count). The van der Waals surface area contributed by atoms with Crippen molar-refractivity contribution in [2.24, 2.45) is 0 Å². The van der Waals surface area contributed by atoms with E-state index in [1.165, 1.54) is 16.0 Å². The van der Waals surface area contributed by atoms with E-state index in [-0.39, 0.29) is 18.4 Å². The molecule has 0 saturated carbocycles. The fraction of sp³-hybridized carbons (Fsp3) is 0.259. The molecule has 168 valence electrons. The summed E-state index contributed by atoms with van der Waals surface area (Å²) in [6.07, 6.45) is 3.30. The van der Waals surface area contributed by atoms with Crippen LogP contribution in [-0.4, -0.2) is 34.8 Å². The van der Waals surface area contributed by atoms with Crippen molar-refractivity contribution in [3.8, 4) is 5.75 Å². The van der Waals surface area contributed by atoms with Gasteiger partial charge in [0.15, 0.2) is 0 Å². The predicted octanol–water partition coefficient (Wildman–Crippen LogP) is 4.41. The van der Waals surface area contributed by atoms with Gasteiger partial charge in [0.1, 0.15) is 17.2 Å². The zero-order valence-corrected chi connectivity index (χ0v) is 18.6. The molecule has 33 heavy (non-hydrogen) atoms. The molecule has 0 aliphatic carbocycles. The third-order valence-corrected chi connectivity index (χ3v) is 6.10. The van der Waals surface area contributed by atoms with Crippen LogP contribution >= 0.6 is 0 Å². The molecule has 2 amide bonds. The van der Waals surface area contributed by atoms with Gasteiger partial charge in [-0.2, -0.15) is 0 Å². The fourth-order valence-electron chi connectivity index (χ4n) is 4.44. The van der Waals surface area contributed by atoms with E-state index in [4.69, 9.17) is 9.15 Å². The Morgan fingerprint density at radius 1 is 0.939 bits per heavy atom. The molecule has 0 unspecified atom stereocenters. The summed E-state index contributed by atoms with van der Waals surface area (Å²) in [7, 11) is 0. The zero-order chi connectivity index (χ0) is 22.8. The topological polar surface area (TPSA) is 63.0 Å². The average molecular weight is 443 g/mol. The first-order valence-corrected chi connectivity index (χ1v) is 11.3. The number of nitrogens with zero attached hydrogens (tertiary/aromatic N) is 2. The number of benzene rings is 2. The number of carbonyl (C=O) groups is 2. The lowest BCUT2D eigenvalue weighted by atomic mass is 9.98. The first kappa shape index (κ1) is 21.1. The smallest absolute Gasteiger partial charge is 0.278 e. The number of rotatable bonds is 7. The number of amides is 2. The lowest BCUT2D eigenvalue weighted by Gasteiger charge is -2.31. The minimum absolute atomic E-state index is 0.111. The number of furan rings is 1. The van der Waals surface area contributed by atoms with Crippen LogP contribution in [0.25, 0.3) is 5.57 Å². The first-order valence-electron chi connectivity index (χ1n) is 11.3. The van der Waals surface area contributed by atoms with Crippen molar-refractivity contribution in [1.82, 2.24) is 9.80 Å². The molecule has 1 aromatic heterocycles. The number of hydrogen-bond donors (Lipinski definition) is 0. The van der Waals surface area contributed by atoms with Crippen molar-refractivity contribution < 1.29 is 18.7 Å². The lowest BCUT2D eigenvalue weighted by molar-refractivity contribution is -0.138. The van der Waals surface area contributed by atoms with Gasteiger partial charge in [-0.05, 0) is 53.8 Å². The summed E-state index contributed by atoms with van der Waals surface area (Å²) < 4.78 is 11.1. The normalized spacial score (nSPS) is 15.9. The summed E-state index contributed by atoms with van der Waals surface area (Å²) >= 11 is 0. The van der Waals surface area contributed by atoms with Crippen LogP contribution in [-0.2, 0) is 29.1 Å². The quantitative estimate of drug-likeness (QED) is 0.508. The van der Waals surface area contributed by atoms with Crippen molar-refractivity contribution >= 4 is 17.4 Å². The maximum absolute atomic E-state index is 13.6. The van der Waals surface area contributed by atoms with Crippen LogP contribution in [0.2, 0.25) is 0 Å². The van der Waals surface area contributed by atoms with Gasteiger partial charge in [-0.25, -0.2) is 0 Å². The molecule has 0 atom stereocenters. The molecule has 0 saturated heterocycles. The van der Waals surface area contributed by atoms with E-state index in [1.54, 1.807) is 18.4 Å². The lowest BCUT2D eigenvalue weighted by Crippen LogP contribution is -2.37. The van der Waals surface area contributed by atoms with Crippen LogP contribution in [0.3, 0.4) is 0 Å². The summed E-state index contributed by atoms with van der Waals surface area (Å²) in [4.78, 5) is 30.5. The number of carbonyl (C=O) groups excluding carboxylic acids is 2. The molecule has 0 fully saturated rings. The summed E-state index contributed by atoms with van der Waals surface area (Å²) in [6.45, 7) is 4.08. The molecule has 0 bridgehead atoms. The molecule has 6 heteroatoms. The molecule has 0 radical (unpaired) electrons. The van der Waals surface area contributed by atoms with E-state index in [1.807, 2.05) is 41.3 Å². The van der Waals surface area contributed by atoms with Crippen LogP contribution in [0.4, 0.5) is 0 Å². The Balaban J connectivity index is 1.52. The van der Waals surface area contributed by atoms with Gasteiger partial charge in [-0.3, -0.25) is 14.5 Å². The third kappa shape index (κ3) is 4.04. The van der Waals surface area contributed by atoms with Crippen molar-refractivity contribution in [2.75, 3.05) is 13.2 Å². The van der Waals surface area contributed by atoms with Crippen molar-refractivity contribution in [1.29, 1.82) is 0 Å². The Morgan fingerprint density at radius 3 is 2.45 bits per heavy atom. The van der Waals surface area contributed by atoms with Gasteiger partial charge >= 0.3 is 0 Å². The molecule has 2 aromatic carbocycles. The summed E-state index contributed by atoms with van der Waals surface area (Å²) in [6, 6.07) is 19.2. The van der Waals surface area contributed by atoms with Gasteiger partial charge in [-0.15, -0.1) is 0 Å². The van der Waals surface area contributed by atoms with E-state index in [0.717, 1.165) is 18.6 Å². The van der Waals surface area contributed by atoms with E-state index in [9.17, 15) is 9.59 Å². The van der Waals surface area contributed by atoms with Crippen molar-refractivity contribution in [3.05, 3.63) is 95.1 Å². The minimum Gasteiger partial charge on any atom is -0.494 e. The summed E-state index contributed by atoms with van der Waals surface area (Å²) in [5.41, 5.74) is 4.09. The average Bonchev–Trinajstić information content (AvgIpc) is 3.45. The monoisotopic (exact) mass is 442 g/mol. The van der Waals surface area contributed by atoms with Crippen LogP contribution in [0.1, 0.15) is 35.8 Å². The minimum atomic E-state index is -0.299. The van der Waals surface area contributed by atoms with E-state index in [0.29, 0.717) is 42.3 Å². The van der Waals surface area contributed by atoms with E-state index < -0.39 is 0 Å². The van der Waals surface area contributed by atoms with Crippen LogP contribution in [0.15, 0.2) is 77.0 Å². The first-order chi connectivity index (χ1) is 16.2. The van der Waals surface area contributed by atoms with Gasteiger partial charge in [-0.1, -0.05) is 43.3 Å². The maximum Gasteiger partial charge on any atom is 0.278 e. The van der Waals surface area contributed by atoms with Gasteiger partial charge in [0.2, 0.25) is 0 Å². The molecule has 2 aliphatic rings. The predicted molar refractivity (Wildman–Crippen MR) is 124 cm³/mol. The molecule has 0 spiro atoms. The third-order valence-electron chi connectivity index (χ3n) is 6.10. The van der Waals surface area contributed by atoms with Crippen LogP contribution in [0.5, 0.6) is 5.75 Å². The fourth-order valence-corrected chi connectivity index (χ4v) is 4.44. The largest absolute Gasteiger partial charge is 0.494 e. The Hall–Kier alpha value is -3.80. The van der Waals surface area contributed by atoms with Gasteiger partial charge in [0.25, 0.3) is 11.8 Å². The number of imide groups is 1. The van der Waals surface area contributed by atoms with E-state index in [2.05, 4.69) is 19.1 Å². The Kier molecular flexibility index (Phi) is 5.73. The van der Waals surface area contributed by atoms with Gasteiger partial charge in [0, 0.05) is 13.1 Å². The number of fused-ring (bicyclic) bond motifs is 1. The second-order valence-corrected chi connectivity index (χ2v) is 8.31. The maximum atomic E-state index is 13.6. The molecule has 2 aliphatic heterocycles. The zero-order valence-electron chi connectivity index (χ0n) is 18.6. The molecule has 3 heterocycles. The van der Waals surface area contributed by atoms with Crippen LogP contribution in [0, 0.1) is 0 Å². The number of ether oxygens (including phenoxy) is 1. The summed E-state index contributed by atoms with van der Waals surface area (Å²) in [5, 5.41) is 0. The van der Waals surface area contributed by atoms with Crippen molar-refractivity contribution in [3.63, 3.8) is 0 Å². The Labute approximate surface area is 193 Å². The Bertz CT molecular complexity index is 1200.